The Morgan fingerprint density at radius 2 is 2.04 bits per heavy atom. The third-order valence-corrected chi connectivity index (χ3v) is 4.14. The predicted molar refractivity (Wildman–Crippen MR) is 104 cm³/mol. The Hall–Kier alpha value is -3.47. The Kier molecular flexibility index (Phi) is 7.04. The van der Waals surface area contributed by atoms with Gasteiger partial charge < -0.3 is 15.2 Å². The van der Waals surface area contributed by atoms with Gasteiger partial charge in [0.15, 0.2) is 5.75 Å². The van der Waals surface area contributed by atoms with Crippen LogP contribution in [0, 0.1) is 10.1 Å². The van der Waals surface area contributed by atoms with E-state index in [9.17, 15) is 24.8 Å². The summed E-state index contributed by atoms with van der Waals surface area (Å²) in [5, 5.41) is 26.9. The lowest BCUT2D eigenvalue weighted by Crippen LogP contribution is -2.35. The van der Waals surface area contributed by atoms with Crippen LogP contribution in [0.5, 0.6) is 11.5 Å². The minimum absolute atomic E-state index is 0.0113. The van der Waals surface area contributed by atoms with Crippen molar-refractivity contribution < 1.29 is 24.4 Å². The summed E-state index contributed by atoms with van der Waals surface area (Å²) < 4.78 is 5.41. The second kappa shape index (κ2) is 9.46. The number of hydrogen-bond acceptors (Lipinski definition) is 7. The van der Waals surface area contributed by atoms with Gasteiger partial charge in [-0.3, -0.25) is 19.7 Å². The van der Waals surface area contributed by atoms with Crippen molar-refractivity contribution >= 4 is 39.6 Å². The number of benzene rings is 2. The number of rotatable bonds is 7. The van der Waals surface area contributed by atoms with Crippen LogP contribution >= 0.6 is 15.9 Å². The molecular weight excluding hydrogens is 436 g/mol. The molecule has 0 aromatic heterocycles. The van der Waals surface area contributed by atoms with Gasteiger partial charge in [0.25, 0.3) is 11.8 Å². The molecule has 11 heteroatoms. The number of carbonyl (C=O) groups is 2. The Balaban J connectivity index is 2.00. The van der Waals surface area contributed by atoms with Crippen molar-refractivity contribution in [2.24, 2.45) is 5.10 Å². The standard InChI is InChI=1S/C17H15BrN4O6/c1-28-16-13(23)7-6-10(15(16)22(26)27)8-20-21-14(24)9-19-17(25)11-4-2-3-5-12(11)18/h2-8,23H,9H2,1H3,(H,19,25)(H,21,24). The van der Waals surface area contributed by atoms with Crippen LogP contribution in [-0.2, 0) is 4.79 Å². The topological polar surface area (TPSA) is 143 Å². The molecule has 0 heterocycles. The lowest BCUT2D eigenvalue weighted by molar-refractivity contribution is -0.386. The average molecular weight is 451 g/mol. The highest BCUT2D eigenvalue weighted by atomic mass is 79.9. The van der Waals surface area contributed by atoms with E-state index in [1.807, 2.05) is 0 Å². The Morgan fingerprint density at radius 3 is 2.68 bits per heavy atom. The van der Waals surface area contributed by atoms with E-state index in [1.165, 1.54) is 19.2 Å². The monoisotopic (exact) mass is 450 g/mol. The number of ether oxygens (including phenoxy) is 1. The molecule has 0 fully saturated rings. The highest BCUT2D eigenvalue weighted by Gasteiger charge is 2.23. The molecule has 0 radical (unpaired) electrons. The Labute approximate surface area is 167 Å². The normalized spacial score (nSPS) is 10.5. The lowest BCUT2D eigenvalue weighted by Gasteiger charge is -2.07. The second-order valence-electron chi connectivity index (χ2n) is 5.27. The minimum atomic E-state index is -0.736. The first-order valence-corrected chi connectivity index (χ1v) is 8.53. The number of aromatic hydroxyl groups is 1. The predicted octanol–water partition coefficient (Wildman–Crippen LogP) is 1.95. The van der Waals surface area contributed by atoms with Crippen molar-refractivity contribution in [3.8, 4) is 11.5 Å². The van der Waals surface area contributed by atoms with Crippen LogP contribution in [0.25, 0.3) is 0 Å². The van der Waals surface area contributed by atoms with Crippen LogP contribution in [0.3, 0.4) is 0 Å². The summed E-state index contributed by atoms with van der Waals surface area (Å²) in [5.41, 5.74) is 2.03. The lowest BCUT2D eigenvalue weighted by atomic mass is 10.1. The van der Waals surface area contributed by atoms with Crippen molar-refractivity contribution in [3.05, 3.63) is 62.1 Å². The highest BCUT2D eigenvalue weighted by Crippen LogP contribution is 2.37. The molecule has 2 rings (SSSR count). The molecule has 0 unspecified atom stereocenters. The van der Waals surface area contributed by atoms with Crippen molar-refractivity contribution in [1.29, 1.82) is 0 Å². The maximum atomic E-state index is 12.0. The first-order valence-electron chi connectivity index (χ1n) is 7.74. The average Bonchev–Trinajstić information content (AvgIpc) is 2.67. The zero-order valence-corrected chi connectivity index (χ0v) is 16.1. The molecule has 2 amide bonds. The summed E-state index contributed by atoms with van der Waals surface area (Å²) >= 11 is 3.24. The zero-order chi connectivity index (χ0) is 20.7. The molecule has 0 saturated carbocycles. The van der Waals surface area contributed by atoms with E-state index in [1.54, 1.807) is 24.3 Å². The van der Waals surface area contributed by atoms with E-state index in [0.29, 0.717) is 10.0 Å². The first-order chi connectivity index (χ1) is 13.3. The first kappa shape index (κ1) is 20.8. The van der Waals surface area contributed by atoms with Crippen LogP contribution in [0.1, 0.15) is 15.9 Å². The molecule has 0 saturated heterocycles. The Morgan fingerprint density at radius 1 is 1.32 bits per heavy atom. The third-order valence-electron chi connectivity index (χ3n) is 3.45. The zero-order valence-electron chi connectivity index (χ0n) is 14.5. The maximum absolute atomic E-state index is 12.0. The summed E-state index contributed by atoms with van der Waals surface area (Å²) in [6.45, 7) is -0.349. The fourth-order valence-corrected chi connectivity index (χ4v) is 2.65. The fraction of sp³-hybridized carbons (Fsp3) is 0.118. The number of carbonyl (C=O) groups excluding carboxylic acids is 2. The molecule has 3 N–H and O–H groups in total. The molecule has 0 bridgehead atoms. The largest absolute Gasteiger partial charge is 0.504 e. The van der Waals surface area contributed by atoms with Gasteiger partial charge in [-0.05, 0) is 40.2 Å². The summed E-state index contributed by atoms with van der Waals surface area (Å²) in [5.74, 6) is -1.80. The van der Waals surface area contributed by atoms with Crippen LogP contribution in [0.2, 0.25) is 0 Å². The molecule has 0 aliphatic rings. The number of amides is 2. The van der Waals surface area contributed by atoms with Gasteiger partial charge in [-0.2, -0.15) is 5.10 Å². The Bertz CT molecular complexity index is 947. The van der Waals surface area contributed by atoms with Crippen LogP contribution in [0.15, 0.2) is 46.0 Å². The number of phenols is 1. The van der Waals surface area contributed by atoms with E-state index in [0.717, 1.165) is 6.21 Å². The van der Waals surface area contributed by atoms with Gasteiger partial charge in [-0.1, -0.05) is 12.1 Å². The summed E-state index contributed by atoms with van der Waals surface area (Å²) in [6, 6.07) is 9.17. The maximum Gasteiger partial charge on any atom is 0.323 e. The number of methoxy groups -OCH3 is 1. The van der Waals surface area contributed by atoms with Crippen molar-refractivity contribution in [1.82, 2.24) is 10.7 Å². The SMILES string of the molecule is COc1c(O)ccc(C=NNC(=O)CNC(=O)c2ccccc2Br)c1[N+](=O)[O-]. The van der Waals surface area contributed by atoms with Crippen molar-refractivity contribution in [2.75, 3.05) is 13.7 Å². The van der Waals surface area contributed by atoms with Gasteiger partial charge in [-0.15, -0.1) is 0 Å². The number of nitrogens with one attached hydrogen (secondary N) is 2. The van der Waals surface area contributed by atoms with E-state index < -0.39 is 28.2 Å². The van der Waals surface area contributed by atoms with Gasteiger partial charge in [0.1, 0.15) is 0 Å². The van der Waals surface area contributed by atoms with Gasteiger partial charge in [0.2, 0.25) is 5.75 Å². The summed E-state index contributed by atoms with van der Waals surface area (Å²) in [7, 11) is 1.18. The van der Waals surface area contributed by atoms with Crippen molar-refractivity contribution in [2.45, 2.75) is 0 Å². The molecule has 2 aromatic carbocycles. The van der Waals surface area contributed by atoms with Crippen LogP contribution in [-0.4, -0.2) is 41.7 Å². The summed E-state index contributed by atoms with van der Waals surface area (Å²) in [4.78, 5) is 34.3. The number of nitrogens with zero attached hydrogens (tertiary/aromatic N) is 2. The van der Waals surface area contributed by atoms with Gasteiger partial charge in [-0.25, -0.2) is 5.43 Å². The van der Waals surface area contributed by atoms with Gasteiger partial charge >= 0.3 is 5.69 Å². The number of nitro benzene ring substituents is 1. The quantitative estimate of drug-likeness (QED) is 0.334. The van der Waals surface area contributed by atoms with Crippen LogP contribution in [0.4, 0.5) is 5.69 Å². The number of hydrogen-bond donors (Lipinski definition) is 3. The van der Waals surface area contributed by atoms with E-state index >= 15 is 0 Å². The molecule has 0 spiro atoms. The second-order valence-corrected chi connectivity index (χ2v) is 6.12. The highest BCUT2D eigenvalue weighted by molar-refractivity contribution is 9.10. The molecule has 28 heavy (non-hydrogen) atoms. The summed E-state index contributed by atoms with van der Waals surface area (Å²) in [6.07, 6.45) is 1.04. The molecule has 0 atom stereocenters. The smallest absolute Gasteiger partial charge is 0.323 e. The van der Waals surface area contributed by atoms with E-state index in [2.05, 4.69) is 31.8 Å². The van der Waals surface area contributed by atoms with Gasteiger partial charge in [0.05, 0.1) is 35.9 Å². The molecule has 0 aliphatic heterocycles. The number of phenolic OH excluding ortho intramolecular Hbond substituents is 1. The molecule has 146 valence electrons. The fourth-order valence-electron chi connectivity index (χ4n) is 2.18. The number of hydrazone groups is 1. The molecule has 0 aliphatic carbocycles. The van der Waals surface area contributed by atoms with Crippen molar-refractivity contribution in [3.63, 3.8) is 0 Å². The van der Waals surface area contributed by atoms with Gasteiger partial charge in [0, 0.05) is 4.47 Å². The molecular formula is C17H15BrN4O6. The number of nitro groups is 1. The molecule has 10 nitrogen and oxygen atoms in total. The molecule has 2 aromatic rings. The van der Waals surface area contributed by atoms with E-state index in [4.69, 9.17) is 4.74 Å². The minimum Gasteiger partial charge on any atom is -0.504 e. The van der Waals surface area contributed by atoms with Crippen LogP contribution < -0.4 is 15.5 Å². The van der Waals surface area contributed by atoms with E-state index in [-0.39, 0.29) is 17.9 Å². The number of halogens is 1. The third kappa shape index (κ3) is 5.04.